The molecule has 4 saturated carbocycles. The van der Waals surface area contributed by atoms with E-state index in [1.165, 1.54) is 19.3 Å². The average Bonchev–Trinajstić information content (AvgIpc) is 2.46. The number of hydrogen-bond donors (Lipinski definition) is 1. The third-order valence-corrected chi connectivity index (χ3v) is 5.77. The van der Waals surface area contributed by atoms with Gasteiger partial charge in [-0.05, 0) is 56.3 Å². The van der Waals surface area contributed by atoms with E-state index in [0.717, 1.165) is 37.0 Å². The topological polar surface area (TPSA) is 51.2 Å². The first-order chi connectivity index (χ1) is 10.2. The van der Waals surface area contributed by atoms with Crippen LogP contribution >= 0.6 is 0 Å². The summed E-state index contributed by atoms with van der Waals surface area (Å²) in [4.78, 5) is 17.0. The minimum atomic E-state index is -0.129. The normalized spacial score (nSPS) is 36.5. The molecule has 4 aliphatic carbocycles. The first-order valence-electron chi connectivity index (χ1n) is 7.98. The molecule has 4 fully saturated rings. The fourth-order valence-electron chi connectivity index (χ4n) is 5.30. The van der Waals surface area contributed by atoms with Crippen molar-refractivity contribution in [2.24, 2.45) is 23.2 Å². The predicted octanol–water partition coefficient (Wildman–Crippen LogP) is 3.25. The van der Waals surface area contributed by atoms with Crippen LogP contribution in [-0.2, 0) is 4.79 Å². The van der Waals surface area contributed by atoms with E-state index in [4.69, 9.17) is 4.74 Å². The van der Waals surface area contributed by atoms with Gasteiger partial charge in [0.15, 0.2) is 0 Å². The number of pyridine rings is 1. The molecule has 21 heavy (non-hydrogen) atoms. The molecule has 0 unspecified atom stereocenters. The Morgan fingerprint density at radius 3 is 2.43 bits per heavy atom. The van der Waals surface area contributed by atoms with Crippen molar-refractivity contribution in [3.63, 3.8) is 0 Å². The van der Waals surface area contributed by atoms with E-state index < -0.39 is 0 Å². The van der Waals surface area contributed by atoms with Crippen LogP contribution in [0.4, 0.5) is 5.69 Å². The maximum Gasteiger partial charge on any atom is 0.230 e. The van der Waals surface area contributed by atoms with Crippen molar-refractivity contribution in [3.05, 3.63) is 18.5 Å². The number of methoxy groups -OCH3 is 1. The Morgan fingerprint density at radius 2 is 1.86 bits per heavy atom. The first kappa shape index (κ1) is 13.1. The second kappa shape index (κ2) is 4.72. The van der Waals surface area contributed by atoms with E-state index in [9.17, 15) is 4.79 Å². The lowest BCUT2D eigenvalue weighted by Gasteiger charge is -2.55. The molecule has 112 valence electrons. The van der Waals surface area contributed by atoms with Crippen molar-refractivity contribution in [2.75, 3.05) is 12.4 Å². The van der Waals surface area contributed by atoms with Crippen molar-refractivity contribution < 1.29 is 9.53 Å². The van der Waals surface area contributed by atoms with E-state index >= 15 is 0 Å². The number of hydrogen-bond acceptors (Lipinski definition) is 3. The monoisotopic (exact) mass is 286 g/mol. The van der Waals surface area contributed by atoms with Gasteiger partial charge < -0.3 is 10.1 Å². The molecule has 4 bridgehead atoms. The molecule has 0 radical (unpaired) electrons. The Hall–Kier alpha value is -1.58. The molecule has 1 N–H and O–H groups in total. The summed E-state index contributed by atoms with van der Waals surface area (Å²) in [6.07, 6.45) is 10.6. The Bertz CT molecular complexity index is 534. The van der Waals surface area contributed by atoms with Crippen LogP contribution in [0.2, 0.25) is 0 Å². The van der Waals surface area contributed by atoms with Gasteiger partial charge in [-0.2, -0.15) is 0 Å². The first-order valence-corrected chi connectivity index (χ1v) is 7.98. The van der Waals surface area contributed by atoms with Crippen molar-refractivity contribution in [2.45, 2.75) is 38.5 Å². The summed E-state index contributed by atoms with van der Waals surface area (Å²) in [6, 6.07) is 1.79. The lowest BCUT2D eigenvalue weighted by atomic mass is 9.49. The zero-order valence-electron chi connectivity index (χ0n) is 12.5. The summed E-state index contributed by atoms with van der Waals surface area (Å²) in [5, 5.41) is 3.09. The molecule has 1 amide bonds. The zero-order chi connectivity index (χ0) is 14.4. The highest BCUT2D eigenvalue weighted by Crippen LogP contribution is 2.60. The van der Waals surface area contributed by atoms with Gasteiger partial charge in [-0.25, -0.2) is 0 Å². The van der Waals surface area contributed by atoms with Crippen molar-refractivity contribution in [1.82, 2.24) is 4.98 Å². The van der Waals surface area contributed by atoms with Crippen molar-refractivity contribution in [3.8, 4) is 5.75 Å². The second-order valence-corrected chi connectivity index (χ2v) is 7.23. The maximum atomic E-state index is 12.9. The van der Waals surface area contributed by atoms with Crippen LogP contribution in [0, 0.1) is 23.2 Å². The molecule has 0 saturated heterocycles. The lowest BCUT2D eigenvalue weighted by Crippen LogP contribution is -2.51. The highest BCUT2D eigenvalue weighted by atomic mass is 16.5. The number of amides is 1. The van der Waals surface area contributed by atoms with E-state index in [-0.39, 0.29) is 11.3 Å². The fraction of sp³-hybridized carbons (Fsp3) is 0.647. The van der Waals surface area contributed by atoms with Gasteiger partial charge in [0.25, 0.3) is 0 Å². The Balaban J connectivity index is 1.57. The molecular weight excluding hydrogens is 264 g/mol. The number of anilines is 1. The van der Waals surface area contributed by atoms with Crippen LogP contribution in [-0.4, -0.2) is 18.0 Å². The lowest BCUT2D eigenvalue weighted by molar-refractivity contribution is -0.140. The van der Waals surface area contributed by atoms with E-state index in [1.807, 2.05) is 0 Å². The number of carbonyl (C=O) groups excluding carboxylic acids is 1. The summed E-state index contributed by atoms with van der Waals surface area (Å²) < 4.78 is 5.31. The molecular formula is C17H22N2O2. The van der Waals surface area contributed by atoms with Gasteiger partial charge in [-0.15, -0.1) is 0 Å². The Labute approximate surface area is 125 Å². The molecule has 5 rings (SSSR count). The number of ether oxygens (including phenoxy) is 1. The summed E-state index contributed by atoms with van der Waals surface area (Å²) in [5.41, 5.74) is 0.566. The molecule has 4 heteroatoms. The van der Waals surface area contributed by atoms with Crippen LogP contribution in [0.1, 0.15) is 38.5 Å². The maximum absolute atomic E-state index is 12.9. The summed E-state index contributed by atoms with van der Waals surface area (Å²) in [5.74, 6) is 3.20. The Kier molecular flexibility index (Phi) is 2.95. The van der Waals surface area contributed by atoms with Crippen LogP contribution in [0.25, 0.3) is 0 Å². The molecule has 1 heterocycles. The average molecular weight is 286 g/mol. The predicted molar refractivity (Wildman–Crippen MR) is 80.0 cm³/mol. The van der Waals surface area contributed by atoms with Crippen LogP contribution in [0.15, 0.2) is 18.5 Å². The van der Waals surface area contributed by atoms with Crippen molar-refractivity contribution in [1.29, 1.82) is 0 Å². The number of nitrogens with one attached hydrogen (secondary N) is 1. The third kappa shape index (κ3) is 2.12. The van der Waals surface area contributed by atoms with Crippen LogP contribution in [0.3, 0.4) is 0 Å². The largest absolute Gasteiger partial charge is 0.494 e. The van der Waals surface area contributed by atoms with Crippen LogP contribution < -0.4 is 10.1 Å². The van der Waals surface area contributed by atoms with E-state index in [1.54, 1.807) is 25.6 Å². The van der Waals surface area contributed by atoms with Crippen molar-refractivity contribution >= 4 is 11.6 Å². The highest BCUT2D eigenvalue weighted by Gasteiger charge is 2.54. The summed E-state index contributed by atoms with van der Waals surface area (Å²) in [7, 11) is 1.62. The number of rotatable bonds is 3. The molecule has 1 aromatic rings. The minimum absolute atomic E-state index is 0.129. The van der Waals surface area contributed by atoms with Gasteiger partial charge in [0.1, 0.15) is 11.4 Å². The van der Waals surface area contributed by atoms with Gasteiger partial charge in [0.2, 0.25) is 5.91 Å². The van der Waals surface area contributed by atoms with E-state index in [0.29, 0.717) is 11.4 Å². The van der Waals surface area contributed by atoms with Gasteiger partial charge in [0.05, 0.1) is 18.7 Å². The molecule has 0 atom stereocenters. The minimum Gasteiger partial charge on any atom is -0.494 e. The molecule has 4 aliphatic rings. The standard InChI is InChI=1S/C17H22N2O2/c1-21-15-2-3-18-10-14(15)19-16(20)17-7-11-4-12(8-17)6-13(5-11)9-17/h2-3,10-13H,4-9H2,1H3,(H,19,20). The summed E-state index contributed by atoms with van der Waals surface area (Å²) >= 11 is 0. The fourth-order valence-corrected chi connectivity index (χ4v) is 5.30. The Morgan fingerprint density at radius 1 is 1.24 bits per heavy atom. The molecule has 1 aromatic heterocycles. The molecule has 0 aromatic carbocycles. The molecule has 0 aliphatic heterocycles. The van der Waals surface area contributed by atoms with Gasteiger partial charge in [-0.1, -0.05) is 0 Å². The highest BCUT2D eigenvalue weighted by molar-refractivity contribution is 5.96. The van der Waals surface area contributed by atoms with Crippen LogP contribution in [0.5, 0.6) is 5.75 Å². The van der Waals surface area contributed by atoms with Gasteiger partial charge >= 0.3 is 0 Å². The second-order valence-electron chi connectivity index (χ2n) is 7.23. The number of aromatic nitrogens is 1. The van der Waals surface area contributed by atoms with Gasteiger partial charge in [0, 0.05) is 12.3 Å². The van der Waals surface area contributed by atoms with Gasteiger partial charge in [-0.3, -0.25) is 9.78 Å². The molecule has 4 nitrogen and oxygen atoms in total. The number of nitrogens with zero attached hydrogens (tertiary/aromatic N) is 1. The third-order valence-electron chi connectivity index (χ3n) is 5.77. The number of carbonyl (C=O) groups is 1. The molecule has 0 spiro atoms. The zero-order valence-corrected chi connectivity index (χ0v) is 12.5. The summed E-state index contributed by atoms with van der Waals surface area (Å²) in [6.45, 7) is 0. The smallest absolute Gasteiger partial charge is 0.230 e. The quantitative estimate of drug-likeness (QED) is 0.928. The SMILES string of the molecule is COc1ccncc1NC(=O)C12CC3CC(CC(C3)C1)C2. The van der Waals surface area contributed by atoms with E-state index in [2.05, 4.69) is 10.3 Å².